The molecule has 5 nitrogen and oxygen atoms in total. The van der Waals surface area contributed by atoms with Crippen molar-refractivity contribution in [3.8, 4) is 0 Å². The van der Waals surface area contributed by atoms with Crippen LogP contribution in [0.2, 0.25) is 0 Å². The molecule has 4 N–H and O–H groups in total. The maximum absolute atomic E-state index is 8.56. The Morgan fingerprint density at radius 2 is 2.12 bits per heavy atom. The van der Waals surface area contributed by atoms with Crippen molar-refractivity contribution in [2.75, 3.05) is 13.2 Å². The molecule has 0 aromatic heterocycles. The summed E-state index contributed by atoms with van der Waals surface area (Å²) >= 11 is 0. The van der Waals surface area contributed by atoms with Gasteiger partial charge < -0.3 is 9.94 Å². The van der Waals surface area contributed by atoms with Crippen LogP contribution < -0.4 is 5.90 Å². The predicted molar refractivity (Wildman–Crippen MR) is 24.7 cm³/mol. The van der Waals surface area contributed by atoms with Crippen LogP contribution in [0.15, 0.2) is 0 Å². The van der Waals surface area contributed by atoms with Crippen molar-refractivity contribution in [3.05, 3.63) is 0 Å². The van der Waals surface area contributed by atoms with E-state index in [0.717, 1.165) is 0 Å². The molecule has 0 radical (unpaired) electrons. The minimum atomic E-state index is -0.856. The van der Waals surface area contributed by atoms with Crippen LogP contribution in [0.25, 0.3) is 0 Å². The molecule has 8 heavy (non-hydrogen) atoms. The number of hydrogen-bond donors (Lipinski definition) is 3. The first kappa shape index (κ1) is 7.80. The van der Waals surface area contributed by atoms with Crippen LogP contribution in [0.5, 0.6) is 0 Å². The number of nitrogens with two attached hydrogens (primary N) is 1. The number of rotatable bonds is 4. The van der Waals surface area contributed by atoms with E-state index in [4.69, 9.17) is 10.4 Å². The molecule has 0 bridgehead atoms. The second-order valence-corrected chi connectivity index (χ2v) is 1.28. The van der Waals surface area contributed by atoms with Gasteiger partial charge in [-0.1, -0.05) is 0 Å². The standard InChI is InChI=1S/C3H9NO4/c4-7-1-3(5)2-8-6/h3,5-6H,1-2,4H2. The lowest BCUT2D eigenvalue weighted by molar-refractivity contribution is -0.259. The quantitative estimate of drug-likeness (QED) is 0.320. The van der Waals surface area contributed by atoms with Crippen LogP contribution >= 0.6 is 0 Å². The minimum absolute atomic E-state index is 0.0411. The summed E-state index contributed by atoms with van der Waals surface area (Å²) in [5.41, 5.74) is 0. The van der Waals surface area contributed by atoms with Gasteiger partial charge in [0.05, 0.1) is 6.61 Å². The molecule has 0 saturated heterocycles. The van der Waals surface area contributed by atoms with Crippen LogP contribution in [0, 0.1) is 0 Å². The van der Waals surface area contributed by atoms with Crippen LogP contribution in [-0.4, -0.2) is 29.7 Å². The maximum Gasteiger partial charge on any atom is 0.110 e. The molecular weight excluding hydrogens is 114 g/mol. The lowest BCUT2D eigenvalue weighted by Crippen LogP contribution is -2.22. The largest absolute Gasteiger partial charge is 0.388 e. The highest BCUT2D eigenvalue weighted by Crippen LogP contribution is 1.80. The Labute approximate surface area is 46.5 Å². The average molecular weight is 123 g/mol. The zero-order chi connectivity index (χ0) is 6.41. The molecule has 0 rings (SSSR count). The van der Waals surface area contributed by atoms with Crippen molar-refractivity contribution in [1.29, 1.82) is 0 Å². The smallest absolute Gasteiger partial charge is 0.110 e. The predicted octanol–water partition coefficient (Wildman–Crippen LogP) is -1.27. The Morgan fingerprint density at radius 1 is 1.50 bits per heavy atom. The summed E-state index contributed by atoms with van der Waals surface area (Å²) in [5, 5.41) is 16.3. The molecule has 0 saturated carbocycles. The molecule has 0 fully saturated rings. The van der Waals surface area contributed by atoms with E-state index < -0.39 is 6.10 Å². The van der Waals surface area contributed by atoms with Gasteiger partial charge in [-0.05, 0) is 0 Å². The Hall–Kier alpha value is -0.200. The van der Waals surface area contributed by atoms with E-state index in [2.05, 4.69) is 15.6 Å². The van der Waals surface area contributed by atoms with Gasteiger partial charge in [-0.25, -0.2) is 10.8 Å². The van der Waals surface area contributed by atoms with Crippen molar-refractivity contribution in [3.63, 3.8) is 0 Å². The monoisotopic (exact) mass is 123 g/mol. The molecule has 0 heterocycles. The van der Waals surface area contributed by atoms with E-state index in [1.54, 1.807) is 0 Å². The van der Waals surface area contributed by atoms with E-state index in [1.165, 1.54) is 0 Å². The van der Waals surface area contributed by atoms with Gasteiger partial charge in [-0.15, -0.1) is 0 Å². The third kappa shape index (κ3) is 3.97. The zero-order valence-corrected chi connectivity index (χ0v) is 4.28. The second kappa shape index (κ2) is 4.95. The van der Waals surface area contributed by atoms with E-state index >= 15 is 0 Å². The molecular formula is C3H9NO4. The summed E-state index contributed by atoms with van der Waals surface area (Å²) in [4.78, 5) is 7.59. The molecule has 0 spiro atoms. The fourth-order valence-corrected chi connectivity index (χ4v) is 0.245. The lowest BCUT2D eigenvalue weighted by atomic mass is 10.4. The van der Waals surface area contributed by atoms with Gasteiger partial charge in [0.1, 0.15) is 12.7 Å². The molecule has 0 amide bonds. The van der Waals surface area contributed by atoms with Crippen LogP contribution in [-0.2, 0) is 9.73 Å². The van der Waals surface area contributed by atoms with Crippen LogP contribution in [0.4, 0.5) is 0 Å². The van der Waals surface area contributed by atoms with Gasteiger partial charge in [0.25, 0.3) is 0 Å². The first-order valence-electron chi connectivity index (χ1n) is 2.07. The topological polar surface area (TPSA) is 84.9 Å². The number of aliphatic hydroxyl groups excluding tert-OH is 1. The Morgan fingerprint density at radius 3 is 2.50 bits per heavy atom. The van der Waals surface area contributed by atoms with Gasteiger partial charge in [-0.3, -0.25) is 5.26 Å². The van der Waals surface area contributed by atoms with Crippen LogP contribution in [0.3, 0.4) is 0 Å². The fourth-order valence-electron chi connectivity index (χ4n) is 0.245. The second-order valence-electron chi connectivity index (χ2n) is 1.28. The Balaban J connectivity index is 2.92. The van der Waals surface area contributed by atoms with Crippen molar-refractivity contribution in [2.24, 2.45) is 5.90 Å². The first-order chi connectivity index (χ1) is 3.81. The summed E-state index contributed by atoms with van der Waals surface area (Å²) in [6.07, 6.45) is -0.856. The molecule has 0 aromatic carbocycles. The van der Waals surface area contributed by atoms with E-state index in [9.17, 15) is 0 Å². The minimum Gasteiger partial charge on any atom is -0.388 e. The molecule has 0 aromatic rings. The molecule has 0 aliphatic heterocycles. The third-order valence-electron chi connectivity index (χ3n) is 0.556. The van der Waals surface area contributed by atoms with Crippen molar-refractivity contribution in [1.82, 2.24) is 0 Å². The molecule has 1 atom stereocenters. The van der Waals surface area contributed by atoms with Crippen LogP contribution in [0.1, 0.15) is 0 Å². The van der Waals surface area contributed by atoms with Crippen molar-refractivity contribution in [2.45, 2.75) is 6.10 Å². The molecule has 50 valence electrons. The van der Waals surface area contributed by atoms with E-state index in [-0.39, 0.29) is 13.2 Å². The number of aliphatic hydroxyl groups is 1. The SMILES string of the molecule is NOCC(O)COO. The van der Waals surface area contributed by atoms with Gasteiger partial charge in [0.2, 0.25) is 0 Å². The summed E-state index contributed by atoms with van der Waals surface area (Å²) in [6, 6.07) is 0. The highest BCUT2D eigenvalue weighted by Gasteiger charge is 2.01. The maximum atomic E-state index is 8.56. The highest BCUT2D eigenvalue weighted by molar-refractivity contribution is 4.46. The normalized spacial score (nSPS) is 13.9. The summed E-state index contributed by atoms with van der Waals surface area (Å²) in [6.45, 7) is -0.224. The molecule has 1 unspecified atom stereocenters. The van der Waals surface area contributed by atoms with E-state index in [1.807, 2.05) is 0 Å². The highest BCUT2D eigenvalue weighted by atomic mass is 17.1. The van der Waals surface area contributed by atoms with E-state index in [0.29, 0.717) is 0 Å². The fraction of sp³-hybridized carbons (Fsp3) is 1.00. The zero-order valence-electron chi connectivity index (χ0n) is 4.28. The molecule has 5 heteroatoms. The summed E-state index contributed by atoms with van der Waals surface area (Å²) in [7, 11) is 0. The van der Waals surface area contributed by atoms with Gasteiger partial charge in [0, 0.05) is 0 Å². The van der Waals surface area contributed by atoms with Gasteiger partial charge >= 0.3 is 0 Å². The molecule has 0 aliphatic carbocycles. The molecule has 0 aliphatic rings. The third-order valence-corrected chi connectivity index (χ3v) is 0.556. The van der Waals surface area contributed by atoms with Gasteiger partial charge in [-0.2, -0.15) is 0 Å². The Bertz CT molecular complexity index is 44.5. The van der Waals surface area contributed by atoms with Gasteiger partial charge in [0.15, 0.2) is 0 Å². The Kier molecular flexibility index (Phi) is 4.82. The first-order valence-corrected chi connectivity index (χ1v) is 2.07. The summed E-state index contributed by atoms with van der Waals surface area (Å²) < 4.78 is 0. The average Bonchev–Trinajstić information content (AvgIpc) is 1.68. The summed E-state index contributed by atoms with van der Waals surface area (Å²) in [5.74, 6) is 4.56. The van der Waals surface area contributed by atoms with Crippen molar-refractivity contribution >= 4 is 0 Å². The van der Waals surface area contributed by atoms with Crippen molar-refractivity contribution < 1.29 is 20.1 Å². The lowest BCUT2D eigenvalue weighted by Gasteiger charge is -2.03. The number of hydrogen-bond acceptors (Lipinski definition) is 5.